The van der Waals surface area contributed by atoms with E-state index in [2.05, 4.69) is 243 Å². The summed E-state index contributed by atoms with van der Waals surface area (Å²) in [6.07, 6.45) is 0. The summed E-state index contributed by atoms with van der Waals surface area (Å²) in [5.74, 6) is 0. The number of hydrogen-bond donors (Lipinski definition) is 0. The average Bonchev–Trinajstić information content (AvgIpc) is 3.55. The van der Waals surface area contributed by atoms with Gasteiger partial charge in [-0.05, 0) is 108 Å². The third-order valence-corrected chi connectivity index (χ3v) is 12.7. The van der Waals surface area contributed by atoms with Crippen LogP contribution in [0.5, 0.6) is 0 Å². The van der Waals surface area contributed by atoms with Crippen LogP contribution in [0.4, 0.5) is 17.1 Å². The zero-order valence-corrected chi connectivity index (χ0v) is 33.8. The molecule has 284 valence electrons. The molecule has 10 aromatic rings. The van der Waals surface area contributed by atoms with Crippen LogP contribution in [-0.4, -0.2) is 0 Å². The summed E-state index contributed by atoms with van der Waals surface area (Å²) in [7, 11) is 0. The van der Waals surface area contributed by atoms with Crippen LogP contribution in [0.15, 0.2) is 224 Å². The first-order chi connectivity index (χ1) is 29.5. The summed E-state index contributed by atoms with van der Waals surface area (Å²) in [6, 6.07) is 82.6. The summed E-state index contributed by atoms with van der Waals surface area (Å²) in [4.78, 5) is 2.52. The molecule has 0 amide bonds. The predicted molar refractivity (Wildman–Crippen MR) is 255 cm³/mol. The minimum absolute atomic E-state index is 0.0452. The van der Waals surface area contributed by atoms with E-state index in [9.17, 15) is 0 Å². The Morgan fingerprint density at radius 2 is 0.867 bits per heavy atom. The van der Waals surface area contributed by atoms with E-state index in [1.54, 1.807) is 0 Å². The average molecular weight is 766 g/mol. The van der Waals surface area contributed by atoms with Gasteiger partial charge in [-0.3, -0.25) is 0 Å². The maximum atomic E-state index is 2.52. The minimum atomic E-state index is -0.0452. The third kappa shape index (κ3) is 5.85. The molecule has 0 N–H and O–H groups in total. The zero-order chi connectivity index (χ0) is 40.2. The van der Waals surface area contributed by atoms with Gasteiger partial charge < -0.3 is 4.90 Å². The van der Waals surface area contributed by atoms with Crippen molar-refractivity contribution in [2.24, 2.45) is 0 Å². The first-order valence-corrected chi connectivity index (χ1v) is 20.9. The maximum absolute atomic E-state index is 2.52. The van der Waals surface area contributed by atoms with Crippen LogP contribution in [0, 0.1) is 0 Å². The first-order valence-electron chi connectivity index (χ1n) is 20.9. The van der Waals surface area contributed by atoms with Gasteiger partial charge >= 0.3 is 0 Å². The fourth-order valence-electron chi connectivity index (χ4n) is 9.79. The molecule has 0 atom stereocenters. The molecule has 60 heavy (non-hydrogen) atoms. The van der Waals surface area contributed by atoms with Crippen molar-refractivity contribution in [3.63, 3.8) is 0 Å². The van der Waals surface area contributed by atoms with Crippen molar-refractivity contribution in [1.29, 1.82) is 0 Å². The van der Waals surface area contributed by atoms with E-state index >= 15 is 0 Å². The number of anilines is 3. The Labute approximate surface area is 352 Å². The van der Waals surface area contributed by atoms with Gasteiger partial charge in [0.1, 0.15) is 0 Å². The molecule has 0 aliphatic heterocycles. The largest absolute Gasteiger partial charge is 0.309 e. The monoisotopic (exact) mass is 765 g/mol. The van der Waals surface area contributed by atoms with E-state index in [1.807, 2.05) is 0 Å². The lowest BCUT2D eigenvalue weighted by Gasteiger charge is -2.31. The van der Waals surface area contributed by atoms with E-state index in [1.165, 1.54) is 88.3 Å². The second-order valence-electron chi connectivity index (χ2n) is 16.5. The summed E-state index contributed by atoms with van der Waals surface area (Å²) in [6.45, 7) is 4.70. The van der Waals surface area contributed by atoms with Crippen molar-refractivity contribution < 1.29 is 0 Å². The van der Waals surface area contributed by atoms with Crippen LogP contribution in [0.1, 0.15) is 25.0 Å². The van der Waals surface area contributed by atoms with Crippen LogP contribution in [0.25, 0.3) is 77.2 Å². The predicted octanol–water partition coefficient (Wildman–Crippen LogP) is 16.4. The van der Waals surface area contributed by atoms with Crippen molar-refractivity contribution in [2.45, 2.75) is 19.3 Å². The number of rotatable bonds is 7. The Morgan fingerprint density at radius 3 is 1.65 bits per heavy atom. The Kier molecular flexibility index (Phi) is 8.57. The maximum Gasteiger partial charge on any atom is 0.0546 e. The topological polar surface area (TPSA) is 3.24 Å². The normalized spacial score (nSPS) is 12.6. The Balaban J connectivity index is 1.21. The lowest BCUT2D eigenvalue weighted by molar-refractivity contribution is 0.660. The zero-order valence-electron chi connectivity index (χ0n) is 33.8. The standard InChI is InChI=1S/C59H43N/c1-59(2)54-33-16-15-29-50(54)53-38-43(35-36-55(53)59)42-24-17-25-45(37-42)60(57-39-44-23-9-10-27-47(44)49-28-12-13-30-51(49)57)56-34-18-32-48(41-21-7-4-8-22-41)58(56)52-31-14-11-26-46(52)40-19-5-3-6-20-40/h3-39H,1-2H3. The van der Waals surface area contributed by atoms with Crippen molar-refractivity contribution in [2.75, 3.05) is 4.90 Å². The van der Waals surface area contributed by atoms with Gasteiger partial charge in [0.15, 0.2) is 0 Å². The van der Waals surface area contributed by atoms with E-state index in [0.717, 1.165) is 17.1 Å². The SMILES string of the molecule is CC1(C)c2ccccc2-c2cc(-c3cccc(N(c4cccc(-c5ccccc5)c4-c4ccccc4-c4ccccc4)c4cc5ccccc5c5ccccc45)c3)ccc21. The number of hydrogen-bond acceptors (Lipinski definition) is 1. The quantitative estimate of drug-likeness (QED) is 0.146. The van der Waals surface area contributed by atoms with Gasteiger partial charge in [-0.2, -0.15) is 0 Å². The molecule has 10 aromatic carbocycles. The van der Waals surface area contributed by atoms with Gasteiger partial charge in [0.25, 0.3) is 0 Å². The first kappa shape index (κ1) is 35.7. The lowest BCUT2D eigenvalue weighted by Crippen LogP contribution is -2.14. The Bertz CT molecular complexity index is 3230. The molecule has 1 heteroatoms. The fraction of sp³-hybridized carbons (Fsp3) is 0.0508. The van der Waals surface area contributed by atoms with Crippen LogP contribution >= 0.6 is 0 Å². The Morgan fingerprint density at radius 1 is 0.317 bits per heavy atom. The molecule has 0 unspecified atom stereocenters. The molecular formula is C59H43N. The summed E-state index contributed by atoms with van der Waals surface area (Å²) in [5.41, 5.74) is 18.2. The van der Waals surface area contributed by atoms with Gasteiger partial charge in [0.05, 0.1) is 11.4 Å². The summed E-state index contributed by atoms with van der Waals surface area (Å²) >= 11 is 0. The van der Waals surface area contributed by atoms with Crippen LogP contribution in [0.3, 0.4) is 0 Å². The molecular weight excluding hydrogens is 723 g/mol. The second kappa shape index (κ2) is 14.4. The minimum Gasteiger partial charge on any atom is -0.309 e. The molecule has 0 aromatic heterocycles. The lowest BCUT2D eigenvalue weighted by atomic mass is 9.82. The van der Waals surface area contributed by atoms with Crippen molar-refractivity contribution in [3.8, 4) is 55.6 Å². The molecule has 0 heterocycles. The Hall–Kier alpha value is -7.48. The van der Waals surface area contributed by atoms with E-state index in [0.29, 0.717) is 0 Å². The van der Waals surface area contributed by atoms with Gasteiger partial charge in [0, 0.05) is 22.1 Å². The summed E-state index contributed by atoms with van der Waals surface area (Å²) in [5, 5.41) is 4.89. The molecule has 11 rings (SSSR count). The highest BCUT2D eigenvalue weighted by Crippen LogP contribution is 2.52. The molecule has 1 nitrogen and oxygen atoms in total. The molecule has 0 saturated carbocycles. The molecule has 0 saturated heterocycles. The second-order valence-corrected chi connectivity index (χ2v) is 16.5. The van der Waals surface area contributed by atoms with Crippen LogP contribution in [-0.2, 0) is 5.41 Å². The van der Waals surface area contributed by atoms with Crippen molar-refractivity contribution in [1.82, 2.24) is 0 Å². The van der Waals surface area contributed by atoms with Crippen LogP contribution < -0.4 is 4.90 Å². The van der Waals surface area contributed by atoms with Gasteiger partial charge in [-0.1, -0.05) is 208 Å². The third-order valence-electron chi connectivity index (χ3n) is 12.7. The molecule has 1 aliphatic carbocycles. The van der Waals surface area contributed by atoms with Crippen molar-refractivity contribution >= 4 is 38.6 Å². The van der Waals surface area contributed by atoms with E-state index < -0.39 is 0 Å². The number of nitrogens with zero attached hydrogens (tertiary/aromatic N) is 1. The number of benzene rings is 10. The highest BCUT2D eigenvalue weighted by molar-refractivity contribution is 6.15. The van der Waals surface area contributed by atoms with Crippen molar-refractivity contribution in [3.05, 3.63) is 236 Å². The van der Waals surface area contributed by atoms with Crippen LogP contribution in [0.2, 0.25) is 0 Å². The summed E-state index contributed by atoms with van der Waals surface area (Å²) < 4.78 is 0. The van der Waals surface area contributed by atoms with Gasteiger partial charge in [-0.25, -0.2) is 0 Å². The molecule has 0 radical (unpaired) electrons. The smallest absolute Gasteiger partial charge is 0.0546 e. The molecule has 0 fully saturated rings. The van der Waals surface area contributed by atoms with E-state index in [-0.39, 0.29) is 5.41 Å². The molecule has 0 bridgehead atoms. The molecule has 0 spiro atoms. The van der Waals surface area contributed by atoms with Gasteiger partial charge in [0.2, 0.25) is 0 Å². The molecule has 1 aliphatic rings. The fourth-order valence-corrected chi connectivity index (χ4v) is 9.79. The highest BCUT2D eigenvalue weighted by Gasteiger charge is 2.35. The van der Waals surface area contributed by atoms with Gasteiger partial charge in [-0.15, -0.1) is 0 Å². The number of fused-ring (bicyclic) bond motifs is 6. The van der Waals surface area contributed by atoms with E-state index in [4.69, 9.17) is 0 Å². The highest BCUT2D eigenvalue weighted by atomic mass is 15.1.